The maximum Gasteiger partial charge on any atom is 0.225 e. The number of ether oxygens (including phenoxy) is 1. The summed E-state index contributed by atoms with van der Waals surface area (Å²) in [5.74, 6) is 1.14. The van der Waals surface area contributed by atoms with Gasteiger partial charge in [-0.25, -0.2) is 9.97 Å². The van der Waals surface area contributed by atoms with Gasteiger partial charge in [-0.05, 0) is 13.3 Å². The highest BCUT2D eigenvalue weighted by atomic mass is 16.5. The van der Waals surface area contributed by atoms with Crippen LogP contribution >= 0.6 is 0 Å². The SMILES string of the molecule is CCOCCC(=O)N1CCN(c2cc(CC)ncn2)CC1. The highest BCUT2D eigenvalue weighted by Gasteiger charge is 2.21. The third-order valence-electron chi connectivity index (χ3n) is 3.69. The Morgan fingerprint density at radius 2 is 2.00 bits per heavy atom. The van der Waals surface area contributed by atoms with E-state index in [1.54, 1.807) is 6.33 Å². The number of nitrogens with zero attached hydrogens (tertiary/aromatic N) is 4. The number of aromatic nitrogens is 2. The van der Waals surface area contributed by atoms with Gasteiger partial charge in [0.2, 0.25) is 5.91 Å². The van der Waals surface area contributed by atoms with Crippen molar-refractivity contribution in [3.8, 4) is 0 Å². The van der Waals surface area contributed by atoms with Crippen LogP contribution in [-0.4, -0.2) is 60.2 Å². The second kappa shape index (κ2) is 7.93. The second-order valence-corrected chi connectivity index (χ2v) is 5.04. The molecule has 1 amide bonds. The average Bonchev–Trinajstić information content (AvgIpc) is 2.55. The lowest BCUT2D eigenvalue weighted by atomic mass is 10.2. The molecule has 116 valence electrons. The van der Waals surface area contributed by atoms with Crippen LogP contribution in [0.2, 0.25) is 0 Å². The van der Waals surface area contributed by atoms with E-state index < -0.39 is 0 Å². The summed E-state index contributed by atoms with van der Waals surface area (Å²) in [6, 6.07) is 2.03. The molecule has 0 N–H and O–H groups in total. The quantitative estimate of drug-likeness (QED) is 0.735. The standard InChI is InChI=1S/C15H24N4O2/c1-3-13-11-14(17-12-16-13)18-6-8-19(9-7-18)15(20)5-10-21-4-2/h11-12H,3-10H2,1-2H3. The first-order valence-electron chi connectivity index (χ1n) is 7.66. The predicted octanol–water partition coefficient (Wildman–Crippen LogP) is 1.11. The van der Waals surface area contributed by atoms with Crippen molar-refractivity contribution in [3.05, 3.63) is 18.1 Å². The molecule has 6 nitrogen and oxygen atoms in total. The van der Waals surface area contributed by atoms with Crippen LogP contribution in [0.3, 0.4) is 0 Å². The van der Waals surface area contributed by atoms with E-state index in [0.717, 1.165) is 44.1 Å². The minimum Gasteiger partial charge on any atom is -0.381 e. The molecule has 1 aliphatic heterocycles. The molecule has 0 aliphatic carbocycles. The molecule has 2 rings (SSSR count). The van der Waals surface area contributed by atoms with Crippen LogP contribution in [0.15, 0.2) is 12.4 Å². The smallest absolute Gasteiger partial charge is 0.225 e. The number of piperazine rings is 1. The largest absolute Gasteiger partial charge is 0.381 e. The van der Waals surface area contributed by atoms with Gasteiger partial charge in [0.25, 0.3) is 0 Å². The zero-order valence-corrected chi connectivity index (χ0v) is 12.9. The van der Waals surface area contributed by atoms with E-state index in [4.69, 9.17) is 4.74 Å². The van der Waals surface area contributed by atoms with E-state index in [1.807, 2.05) is 17.9 Å². The second-order valence-electron chi connectivity index (χ2n) is 5.04. The molecule has 0 saturated carbocycles. The van der Waals surface area contributed by atoms with E-state index in [0.29, 0.717) is 19.6 Å². The summed E-state index contributed by atoms with van der Waals surface area (Å²) in [7, 11) is 0. The number of carbonyl (C=O) groups is 1. The summed E-state index contributed by atoms with van der Waals surface area (Å²) in [6.07, 6.45) is 3.00. The molecule has 1 aromatic heterocycles. The van der Waals surface area contributed by atoms with Crippen molar-refractivity contribution in [3.63, 3.8) is 0 Å². The van der Waals surface area contributed by atoms with Crippen LogP contribution in [0.5, 0.6) is 0 Å². The van der Waals surface area contributed by atoms with Crippen LogP contribution in [-0.2, 0) is 16.0 Å². The molecule has 21 heavy (non-hydrogen) atoms. The van der Waals surface area contributed by atoms with Crippen molar-refractivity contribution in [1.82, 2.24) is 14.9 Å². The third kappa shape index (κ3) is 4.39. The fraction of sp³-hybridized carbons (Fsp3) is 0.667. The van der Waals surface area contributed by atoms with E-state index in [-0.39, 0.29) is 5.91 Å². The van der Waals surface area contributed by atoms with Gasteiger partial charge in [-0.2, -0.15) is 0 Å². The molecular weight excluding hydrogens is 268 g/mol. The van der Waals surface area contributed by atoms with Crippen molar-refractivity contribution in [2.24, 2.45) is 0 Å². The molecule has 0 unspecified atom stereocenters. The van der Waals surface area contributed by atoms with Crippen LogP contribution in [0.25, 0.3) is 0 Å². The summed E-state index contributed by atoms with van der Waals surface area (Å²) in [5, 5.41) is 0. The van der Waals surface area contributed by atoms with Gasteiger partial charge in [-0.3, -0.25) is 4.79 Å². The van der Waals surface area contributed by atoms with Gasteiger partial charge >= 0.3 is 0 Å². The van der Waals surface area contributed by atoms with Gasteiger partial charge < -0.3 is 14.5 Å². The Morgan fingerprint density at radius 3 is 2.67 bits per heavy atom. The number of carbonyl (C=O) groups excluding carboxylic acids is 1. The first-order valence-corrected chi connectivity index (χ1v) is 7.66. The molecule has 2 heterocycles. The molecular formula is C15H24N4O2. The van der Waals surface area contributed by atoms with Crippen LogP contribution in [0.1, 0.15) is 26.0 Å². The Labute approximate surface area is 126 Å². The fourth-order valence-electron chi connectivity index (χ4n) is 2.40. The number of aryl methyl sites for hydroxylation is 1. The Hall–Kier alpha value is -1.69. The highest BCUT2D eigenvalue weighted by Crippen LogP contribution is 2.14. The molecule has 1 fully saturated rings. The molecule has 0 atom stereocenters. The maximum absolute atomic E-state index is 12.0. The lowest BCUT2D eigenvalue weighted by Gasteiger charge is -2.35. The van der Waals surface area contributed by atoms with Gasteiger partial charge in [-0.15, -0.1) is 0 Å². The monoisotopic (exact) mass is 292 g/mol. The predicted molar refractivity (Wildman–Crippen MR) is 81.3 cm³/mol. The van der Waals surface area contributed by atoms with Crippen molar-refractivity contribution >= 4 is 11.7 Å². The van der Waals surface area contributed by atoms with Crippen molar-refractivity contribution in [1.29, 1.82) is 0 Å². The van der Waals surface area contributed by atoms with Gasteiger partial charge in [-0.1, -0.05) is 6.92 Å². The maximum atomic E-state index is 12.0. The van der Waals surface area contributed by atoms with E-state index in [2.05, 4.69) is 21.8 Å². The van der Waals surface area contributed by atoms with Gasteiger partial charge in [0.15, 0.2) is 0 Å². The zero-order valence-electron chi connectivity index (χ0n) is 12.9. The van der Waals surface area contributed by atoms with E-state index in [9.17, 15) is 4.79 Å². The van der Waals surface area contributed by atoms with E-state index >= 15 is 0 Å². The molecule has 6 heteroatoms. The van der Waals surface area contributed by atoms with Gasteiger partial charge in [0.05, 0.1) is 13.0 Å². The number of amides is 1. The van der Waals surface area contributed by atoms with E-state index in [1.165, 1.54) is 0 Å². The van der Waals surface area contributed by atoms with Crippen molar-refractivity contribution in [2.45, 2.75) is 26.7 Å². The number of rotatable bonds is 6. The van der Waals surface area contributed by atoms with Gasteiger partial charge in [0, 0.05) is 44.5 Å². The van der Waals surface area contributed by atoms with Gasteiger partial charge in [0.1, 0.15) is 12.1 Å². The Morgan fingerprint density at radius 1 is 1.24 bits per heavy atom. The Balaban J connectivity index is 1.83. The van der Waals surface area contributed by atoms with Crippen LogP contribution in [0.4, 0.5) is 5.82 Å². The third-order valence-corrected chi connectivity index (χ3v) is 3.69. The summed E-state index contributed by atoms with van der Waals surface area (Å²) < 4.78 is 5.24. The number of hydrogen-bond acceptors (Lipinski definition) is 5. The number of anilines is 1. The fourth-order valence-corrected chi connectivity index (χ4v) is 2.40. The molecule has 0 aromatic carbocycles. The van der Waals surface area contributed by atoms with Crippen molar-refractivity contribution in [2.75, 3.05) is 44.3 Å². The van der Waals surface area contributed by atoms with Crippen molar-refractivity contribution < 1.29 is 9.53 Å². The molecule has 0 bridgehead atoms. The summed E-state index contributed by atoms with van der Waals surface area (Å²) in [6.45, 7) is 8.33. The molecule has 1 aliphatic rings. The van der Waals surface area contributed by atoms with Crippen LogP contribution in [0, 0.1) is 0 Å². The minimum absolute atomic E-state index is 0.181. The normalized spacial score (nSPS) is 15.3. The molecule has 0 radical (unpaired) electrons. The first-order chi connectivity index (χ1) is 10.2. The Bertz CT molecular complexity index is 459. The molecule has 1 aromatic rings. The minimum atomic E-state index is 0.181. The first kappa shape index (κ1) is 15.7. The lowest BCUT2D eigenvalue weighted by molar-refractivity contribution is -0.132. The molecule has 0 spiro atoms. The summed E-state index contributed by atoms with van der Waals surface area (Å²) in [4.78, 5) is 24.7. The number of hydrogen-bond donors (Lipinski definition) is 0. The Kier molecular flexibility index (Phi) is 5.92. The highest BCUT2D eigenvalue weighted by molar-refractivity contribution is 5.76. The zero-order chi connectivity index (χ0) is 15.1. The van der Waals surface area contributed by atoms with Crippen LogP contribution < -0.4 is 4.90 Å². The molecule has 1 saturated heterocycles. The summed E-state index contributed by atoms with van der Waals surface area (Å²) >= 11 is 0. The summed E-state index contributed by atoms with van der Waals surface area (Å²) in [5.41, 5.74) is 1.05. The topological polar surface area (TPSA) is 58.6 Å². The average molecular weight is 292 g/mol. The lowest BCUT2D eigenvalue weighted by Crippen LogP contribution is -2.49.